The summed E-state index contributed by atoms with van der Waals surface area (Å²) in [6.07, 6.45) is 3.34. The van der Waals surface area contributed by atoms with Gasteiger partial charge < -0.3 is 9.47 Å². The molecule has 1 amide bonds. The van der Waals surface area contributed by atoms with E-state index in [0.29, 0.717) is 5.69 Å². The van der Waals surface area contributed by atoms with E-state index >= 15 is 0 Å². The summed E-state index contributed by atoms with van der Waals surface area (Å²) in [5.74, 6) is 0.0984. The monoisotopic (exact) mass is 165 g/mol. The minimum atomic E-state index is 0.0984. The van der Waals surface area contributed by atoms with Crippen LogP contribution in [-0.2, 0) is 6.54 Å². The molecule has 0 radical (unpaired) electrons. The third-order valence-electron chi connectivity index (χ3n) is 2.21. The van der Waals surface area contributed by atoms with Crippen molar-refractivity contribution in [2.24, 2.45) is 0 Å². The maximum absolute atomic E-state index is 11.6. The summed E-state index contributed by atoms with van der Waals surface area (Å²) in [5.41, 5.74) is 0.711. The Hall–Kier alpha value is -1.32. The minimum absolute atomic E-state index is 0.0984. The number of fused-ring (bicyclic) bond motifs is 1. The maximum atomic E-state index is 11.6. The predicted molar refractivity (Wildman–Crippen MR) is 43.8 cm³/mol. The van der Waals surface area contributed by atoms with Crippen LogP contribution >= 0.6 is 0 Å². The highest BCUT2D eigenvalue weighted by molar-refractivity contribution is 5.92. The van der Waals surface area contributed by atoms with Crippen LogP contribution in [0.2, 0.25) is 0 Å². The second kappa shape index (κ2) is 2.62. The predicted octanol–water partition coefficient (Wildman–Crippen LogP) is 0.359. The molecule has 0 atom stereocenters. The second-order valence-electron chi connectivity index (χ2n) is 2.86. The first-order chi connectivity index (χ1) is 5.83. The molecule has 4 nitrogen and oxygen atoms in total. The van der Waals surface area contributed by atoms with Crippen molar-refractivity contribution in [3.05, 3.63) is 18.2 Å². The Morgan fingerprint density at radius 1 is 1.58 bits per heavy atom. The van der Waals surface area contributed by atoms with Crippen LogP contribution in [0.25, 0.3) is 0 Å². The van der Waals surface area contributed by atoms with Gasteiger partial charge in [-0.2, -0.15) is 0 Å². The number of hydrogen-bond acceptors (Lipinski definition) is 2. The van der Waals surface area contributed by atoms with Crippen molar-refractivity contribution in [3.63, 3.8) is 0 Å². The van der Waals surface area contributed by atoms with Gasteiger partial charge >= 0.3 is 0 Å². The molecule has 2 heterocycles. The van der Waals surface area contributed by atoms with Gasteiger partial charge in [0.15, 0.2) is 0 Å². The number of rotatable bonds is 1. The molecule has 0 unspecified atom stereocenters. The molecule has 0 aromatic carbocycles. The zero-order valence-corrected chi connectivity index (χ0v) is 7.03. The van der Waals surface area contributed by atoms with E-state index < -0.39 is 0 Å². The molecule has 1 aliphatic heterocycles. The standard InChI is InChI=1S/C8H11N3O/c1-2-10-3-4-11-6-9-5-7(11)8(10)12/h5-6H,2-4H2,1H3. The third-order valence-corrected chi connectivity index (χ3v) is 2.21. The van der Waals surface area contributed by atoms with E-state index in [2.05, 4.69) is 4.98 Å². The zero-order valence-electron chi connectivity index (χ0n) is 7.03. The molecule has 1 aliphatic rings. The highest BCUT2D eigenvalue weighted by Gasteiger charge is 2.22. The van der Waals surface area contributed by atoms with Gasteiger partial charge in [-0.25, -0.2) is 4.98 Å². The SMILES string of the molecule is CCN1CCn2cncc2C1=O. The van der Waals surface area contributed by atoms with Crippen LogP contribution in [0.5, 0.6) is 0 Å². The van der Waals surface area contributed by atoms with Crippen molar-refractivity contribution < 1.29 is 4.79 Å². The summed E-state index contributed by atoms with van der Waals surface area (Å²) < 4.78 is 1.90. The maximum Gasteiger partial charge on any atom is 0.272 e. The second-order valence-corrected chi connectivity index (χ2v) is 2.86. The summed E-state index contributed by atoms with van der Waals surface area (Å²) in [4.78, 5) is 17.3. The van der Waals surface area contributed by atoms with E-state index in [1.807, 2.05) is 16.4 Å². The molecule has 1 aromatic rings. The number of hydrogen-bond donors (Lipinski definition) is 0. The molecule has 0 saturated heterocycles. The molecule has 12 heavy (non-hydrogen) atoms. The fraction of sp³-hybridized carbons (Fsp3) is 0.500. The molecule has 64 valence electrons. The molecular weight excluding hydrogens is 154 g/mol. The first-order valence-electron chi connectivity index (χ1n) is 4.12. The van der Waals surface area contributed by atoms with Gasteiger partial charge in [-0.3, -0.25) is 4.79 Å². The first kappa shape index (κ1) is 7.34. The van der Waals surface area contributed by atoms with Crippen molar-refractivity contribution in [1.82, 2.24) is 14.5 Å². The normalized spacial score (nSPS) is 16.4. The molecule has 0 bridgehead atoms. The van der Waals surface area contributed by atoms with E-state index in [1.54, 1.807) is 12.5 Å². The van der Waals surface area contributed by atoms with Gasteiger partial charge in [0.1, 0.15) is 5.69 Å². The Bertz CT molecular complexity index is 305. The summed E-state index contributed by atoms with van der Waals surface area (Å²) in [6, 6.07) is 0. The van der Waals surface area contributed by atoms with Crippen molar-refractivity contribution >= 4 is 5.91 Å². The first-order valence-corrected chi connectivity index (χ1v) is 4.12. The molecule has 0 N–H and O–H groups in total. The Labute approximate surface area is 70.8 Å². The van der Waals surface area contributed by atoms with E-state index in [0.717, 1.165) is 19.6 Å². The number of likely N-dealkylation sites (N-methyl/N-ethyl adjacent to an activating group) is 1. The highest BCUT2D eigenvalue weighted by atomic mass is 16.2. The van der Waals surface area contributed by atoms with Crippen LogP contribution in [0.15, 0.2) is 12.5 Å². The number of nitrogens with zero attached hydrogens (tertiary/aromatic N) is 3. The number of carbonyl (C=O) groups is 1. The highest BCUT2D eigenvalue weighted by Crippen LogP contribution is 2.10. The van der Waals surface area contributed by atoms with Crippen LogP contribution in [0, 0.1) is 0 Å². The summed E-state index contributed by atoms with van der Waals surface area (Å²) in [7, 11) is 0. The van der Waals surface area contributed by atoms with Crippen molar-refractivity contribution in [2.45, 2.75) is 13.5 Å². The van der Waals surface area contributed by atoms with Crippen LogP contribution in [0.4, 0.5) is 0 Å². The Balaban J connectivity index is 2.35. The lowest BCUT2D eigenvalue weighted by Gasteiger charge is -2.26. The molecule has 0 saturated carbocycles. The van der Waals surface area contributed by atoms with Gasteiger partial charge in [-0.05, 0) is 6.92 Å². The summed E-state index contributed by atoms with van der Waals surface area (Å²) >= 11 is 0. The molecule has 1 aromatic heterocycles. The van der Waals surface area contributed by atoms with Crippen LogP contribution in [-0.4, -0.2) is 33.4 Å². The average molecular weight is 165 g/mol. The summed E-state index contributed by atoms with van der Waals surface area (Å²) in [5, 5.41) is 0. The molecule has 4 heteroatoms. The van der Waals surface area contributed by atoms with Crippen molar-refractivity contribution in [2.75, 3.05) is 13.1 Å². The fourth-order valence-corrected chi connectivity index (χ4v) is 1.47. The zero-order chi connectivity index (χ0) is 8.55. The van der Waals surface area contributed by atoms with Crippen LogP contribution in [0.1, 0.15) is 17.4 Å². The Morgan fingerprint density at radius 2 is 2.42 bits per heavy atom. The van der Waals surface area contributed by atoms with Gasteiger partial charge in [-0.1, -0.05) is 0 Å². The third kappa shape index (κ3) is 0.913. The molecule has 0 spiro atoms. The van der Waals surface area contributed by atoms with Gasteiger partial charge in [0.25, 0.3) is 5.91 Å². The number of amides is 1. The van der Waals surface area contributed by atoms with Crippen molar-refractivity contribution in [3.8, 4) is 0 Å². The van der Waals surface area contributed by atoms with Crippen molar-refractivity contribution in [1.29, 1.82) is 0 Å². The van der Waals surface area contributed by atoms with Gasteiger partial charge in [0.2, 0.25) is 0 Å². The van der Waals surface area contributed by atoms with E-state index in [4.69, 9.17) is 0 Å². The molecule has 0 fully saturated rings. The number of aromatic nitrogens is 2. The van der Waals surface area contributed by atoms with Crippen LogP contribution < -0.4 is 0 Å². The van der Waals surface area contributed by atoms with Gasteiger partial charge in [0.05, 0.1) is 12.5 Å². The lowest BCUT2D eigenvalue weighted by atomic mass is 10.3. The summed E-state index contributed by atoms with van der Waals surface area (Å²) in [6.45, 7) is 4.45. The van der Waals surface area contributed by atoms with E-state index in [1.165, 1.54) is 0 Å². The smallest absolute Gasteiger partial charge is 0.272 e. The lowest BCUT2D eigenvalue weighted by Crippen LogP contribution is -2.39. The molecule has 0 aliphatic carbocycles. The topological polar surface area (TPSA) is 38.1 Å². The molecule has 2 rings (SSSR count). The van der Waals surface area contributed by atoms with Gasteiger partial charge in [0, 0.05) is 19.6 Å². The van der Waals surface area contributed by atoms with Crippen LogP contribution in [0.3, 0.4) is 0 Å². The lowest BCUT2D eigenvalue weighted by molar-refractivity contribution is 0.0715. The quantitative estimate of drug-likeness (QED) is 0.602. The number of carbonyl (C=O) groups excluding carboxylic acids is 1. The van der Waals surface area contributed by atoms with E-state index in [-0.39, 0.29) is 5.91 Å². The Morgan fingerprint density at radius 3 is 3.17 bits per heavy atom. The van der Waals surface area contributed by atoms with Gasteiger partial charge in [-0.15, -0.1) is 0 Å². The Kier molecular flexibility index (Phi) is 1.60. The minimum Gasteiger partial charge on any atom is -0.336 e. The number of imidazole rings is 1. The largest absolute Gasteiger partial charge is 0.336 e. The van der Waals surface area contributed by atoms with E-state index in [9.17, 15) is 4.79 Å². The molecular formula is C8H11N3O. The average Bonchev–Trinajstić information content (AvgIpc) is 2.53. The fourth-order valence-electron chi connectivity index (χ4n) is 1.47.